The lowest BCUT2D eigenvalue weighted by molar-refractivity contribution is -0.382. The van der Waals surface area contributed by atoms with E-state index in [2.05, 4.69) is 74.4 Å². The fourth-order valence-corrected chi connectivity index (χ4v) is 12.8. The number of nitro groups is 1. The Kier molecular flexibility index (Phi) is 11.7. The van der Waals surface area contributed by atoms with Gasteiger partial charge in [0, 0.05) is 78.5 Å². The summed E-state index contributed by atoms with van der Waals surface area (Å²) in [5.41, 5.74) is 9.16. The van der Waals surface area contributed by atoms with E-state index in [1.165, 1.54) is 35.0 Å². The second kappa shape index (κ2) is 17.7. The van der Waals surface area contributed by atoms with Crippen LogP contribution in [-0.2, 0) is 18.3 Å². The number of phenolic OH excluding ortho intramolecular Hbond substituents is 1. The van der Waals surface area contributed by atoms with Crippen molar-refractivity contribution in [3.8, 4) is 11.5 Å². The Morgan fingerprint density at radius 3 is 2.55 bits per heavy atom. The number of anilines is 3. The van der Waals surface area contributed by atoms with Crippen LogP contribution in [0.1, 0.15) is 78.6 Å². The first-order valence-electron chi connectivity index (χ1n) is 24.4. The van der Waals surface area contributed by atoms with Gasteiger partial charge in [-0.05, 0) is 141 Å². The topological polar surface area (TPSA) is 169 Å². The van der Waals surface area contributed by atoms with Crippen molar-refractivity contribution in [2.45, 2.75) is 82.5 Å². The maximum Gasteiger partial charge on any atom is 0.318 e. The van der Waals surface area contributed by atoms with Crippen molar-refractivity contribution in [1.82, 2.24) is 19.8 Å². The molecular formula is C54H59ClN8O6. The smallest absolute Gasteiger partial charge is 0.318 e. The summed E-state index contributed by atoms with van der Waals surface area (Å²) in [5, 5.41) is 42.3. The highest BCUT2D eigenvalue weighted by Gasteiger charge is 2.64. The number of ether oxygens (including phenoxy) is 1. The third kappa shape index (κ3) is 8.08. The van der Waals surface area contributed by atoms with Crippen molar-refractivity contribution in [3.63, 3.8) is 0 Å². The van der Waals surface area contributed by atoms with Crippen molar-refractivity contribution in [1.29, 1.82) is 0 Å². The summed E-state index contributed by atoms with van der Waals surface area (Å²) in [6.07, 6.45) is 10.3. The van der Waals surface area contributed by atoms with Crippen LogP contribution in [0.3, 0.4) is 0 Å². The maximum absolute atomic E-state index is 13.6. The van der Waals surface area contributed by atoms with E-state index in [9.17, 15) is 25.1 Å². The van der Waals surface area contributed by atoms with E-state index in [0.717, 1.165) is 86.8 Å². The number of likely N-dealkylation sites (N-methyl/N-ethyl adjacent to an activating group) is 1. The van der Waals surface area contributed by atoms with Gasteiger partial charge in [-0.1, -0.05) is 55.3 Å². The number of phenols is 1. The summed E-state index contributed by atoms with van der Waals surface area (Å²) in [5.74, 6) is 0.593. The van der Waals surface area contributed by atoms with E-state index in [4.69, 9.17) is 16.3 Å². The van der Waals surface area contributed by atoms with E-state index in [0.29, 0.717) is 41.8 Å². The molecule has 0 radical (unpaired) electrons. The Morgan fingerprint density at radius 1 is 1.00 bits per heavy atom. The Morgan fingerprint density at radius 2 is 1.78 bits per heavy atom. The standard InChI is InChI=1S/C54H59ClN8O6/c1-53(2)19-18-38(32-6-10-36(55)11-7-32)35(29-53)30-61-23-25-62(26-24-61)37-12-8-33(9-13-37)52(66)59-51-39-14-16-42(48(63(67)68)47(39)57-31-58-51)56-21-4-5-34-27-45(65)49-46-40(34)28-43-41-15-17-44(64)50(69-49)54(41,46)20-22-60(43)3/h6-17,27,31,41,43-44,50,56,64-65H,4-5,18-26,28-30H2,1-3H3,(H,57,58,59,66)/t41-,43+,44-,50-,54-/m0/s1. The van der Waals surface area contributed by atoms with Crippen LogP contribution in [0, 0.1) is 21.4 Å². The third-order valence-electron chi connectivity index (χ3n) is 16.1. The van der Waals surface area contributed by atoms with Crippen LogP contribution in [0.15, 0.2) is 90.8 Å². The van der Waals surface area contributed by atoms with E-state index in [1.54, 1.807) is 30.3 Å². The van der Waals surface area contributed by atoms with Crippen LogP contribution in [-0.4, -0.2) is 112 Å². The van der Waals surface area contributed by atoms with Crippen molar-refractivity contribution in [2.24, 2.45) is 11.3 Å². The number of amides is 1. The van der Waals surface area contributed by atoms with E-state index in [-0.39, 0.29) is 51.5 Å². The SMILES string of the molecule is CN1CC[C@]23c4c5c(CCCNc6ccc7c(NC(=O)c8ccc(N9CCN(CC%10=C(c%11ccc(Cl)cc%11)CCC(C)(C)C%10)CC9)cc8)ncnc7c6[N+](=O)[O-])cc(O)c4O[C@H]2[C@@H](O)C=C[C@H]3[C@H]1C5. The normalized spacial score (nSPS) is 24.8. The summed E-state index contributed by atoms with van der Waals surface area (Å²) < 4.78 is 6.39. The minimum absolute atomic E-state index is 0.0934. The number of likely N-dealkylation sites (tertiary alicyclic amines) is 1. The van der Waals surface area contributed by atoms with Gasteiger partial charge in [-0.25, -0.2) is 9.97 Å². The number of carbonyl (C=O) groups excluding carboxylic acids is 1. The number of nitrogens with zero attached hydrogens (tertiary/aromatic N) is 6. The number of aromatic nitrogens is 2. The van der Waals surface area contributed by atoms with Crippen molar-refractivity contribution in [2.75, 3.05) is 68.4 Å². The predicted molar refractivity (Wildman–Crippen MR) is 270 cm³/mol. The highest BCUT2D eigenvalue weighted by atomic mass is 35.5. The monoisotopic (exact) mass is 950 g/mol. The van der Waals surface area contributed by atoms with Crippen LogP contribution >= 0.6 is 11.6 Å². The van der Waals surface area contributed by atoms with Gasteiger partial charge in [0.1, 0.15) is 30.0 Å². The number of nitro benzene ring substituents is 1. The Hall–Kier alpha value is -6.06. The lowest BCUT2D eigenvalue weighted by Gasteiger charge is -2.56. The molecule has 0 unspecified atom stereocenters. The second-order valence-electron chi connectivity index (χ2n) is 20.8. The summed E-state index contributed by atoms with van der Waals surface area (Å²) >= 11 is 6.23. The number of hydrogen-bond donors (Lipinski definition) is 4. The molecule has 1 spiro atoms. The molecule has 14 nitrogen and oxygen atoms in total. The molecule has 1 amide bonds. The molecule has 4 aromatic carbocycles. The molecule has 2 fully saturated rings. The van der Waals surface area contributed by atoms with Gasteiger partial charge < -0.3 is 35.4 Å². The Bertz CT molecular complexity index is 2920. The number of aliphatic hydroxyl groups excluding tert-OH is 1. The fourth-order valence-electron chi connectivity index (χ4n) is 12.7. The van der Waals surface area contributed by atoms with Gasteiger partial charge >= 0.3 is 5.69 Å². The lowest BCUT2D eigenvalue weighted by Crippen LogP contribution is -2.64. The quantitative estimate of drug-likeness (QED) is 0.0407. The zero-order chi connectivity index (χ0) is 47.8. The molecule has 5 atom stereocenters. The summed E-state index contributed by atoms with van der Waals surface area (Å²) in [6.45, 7) is 10.6. The minimum Gasteiger partial charge on any atom is -0.504 e. The molecule has 0 saturated carbocycles. The van der Waals surface area contributed by atoms with Gasteiger partial charge in [0.25, 0.3) is 5.91 Å². The summed E-state index contributed by atoms with van der Waals surface area (Å²) in [4.78, 5) is 41.8. The van der Waals surface area contributed by atoms with E-state index in [1.807, 2.05) is 30.3 Å². The van der Waals surface area contributed by atoms with E-state index >= 15 is 0 Å². The number of piperidine rings is 1. The summed E-state index contributed by atoms with van der Waals surface area (Å²) in [7, 11) is 2.16. The highest BCUT2D eigenvalue weighted by Crippen LogP contribution is 2.63. The van der Waals surface area contributed by atoms with Gasteiger partial charge in [0.2, 0.25) is 0 Å². The number of piperazine rings is 1. The minimum atomic E-state index is -0.748. The zero-order valence-corrected chi connectivity index (χ0v) is 40.1. The number of allylic oxidation sites excluding steroid dienone is 1. The van der Waals surface area contributed by atoms with Gasteiger partial charge in [-0.15, -0.1) is 0 Å². The Labute approximate surface area is 407 Å². The molecule has 69 heavy (non-hydrogen) atoms. The van der Waals surface area contributed by atoms with Crippen LogP contribution < -0.4 is 20.3 Å². The molecular weight excluding hydrogens is 892 g/mol. The molecule has 11 rings (SSSR count). The van der Waals surface area contributed by atoms with Crippen LogP contribution in [0.4, 0.5) is 22.9 Å². The first-order chi connectivity index (χ1) is 33.3. The number of nitrogens with one attached hydrogen (secondary N) is 2. The molecule has 3 aliphatic carbocycles. The van der Waals surface area contributed by atoms with E-state index < -0.39 is 17.1 Å². The molecule has 1 aromatic heterocycles. The number of carbonyl (C=O) groups is 1. The van der Waals surface area contributed by atoms with Crippen molar-refractivity contribution < 1.29 is 24.7 Å². The van der Waals surface area contributed by atoms with Crippen LogP contribution in [0.2, 0.25) is 5.02 Å². The number of benzene rings is 4. The number of aliphatic hydroxyl groups is 1. The molecule has 358 valence electrons. The number of aryl methyl sites for hydroxylation is 1. The van der Waals surface area contributed by atoms with Gasteiger partial charge in [0.05, 0.1) is 10.3 Å². The average molecular weight is 952 g/mol. The average Bonchev–Trinajstić information content (AvgIpc) is 3.69. The molecule has 2 bridgehead atoms. The number of fused-ring (bicyclic) bond motifs is 1. The number of hydrogen-bond acceptors (Lipinski definition) is 12. The molecule has 15 heteroatoms. The number of rotatable bonds is 12. The maximum atomic E-state index is 13.6. The third-order valence-corrected chi connectivity index (χ3v) is 16.4. The second-order valence-corrected chi connectivity index (χ2v) is 21.2. The number of halogens is 1. The summed E-state index contributed by atoms with van der Waals surface area (Å²) in [6, 6.07) is 21.2. The van der Waals surface area contributed by atoms with Gasteiger partial charge in [-0.3, -0.25) is 19.8 Å². The fraction of sp³-hybridized carbons (Fsp3) is 0.426. The van der Waals surface area contributed by atoms with Crippen molar-refractivity contribution in [3.05, 3.63) is 134 Å². The van der Waals surface area contributed by atoms with Crippen LogP contribution in [0.5, 0.6) is 11.5 Å². The zero-order valence-electron chi connectivity index (χ0n) is 39.4. The molecule has 2 saturated heterocycles. The van der Waals surface area contributed by atoms with Crippen molar-refractivity contribution >= 4 is 56.9 Å². The predicted octanol–water partition coefficient (Wildman–Crippen LogP) is 8.79. The largest absolute Gasteiger partial charge is 0.504 e. The molecule has 6 aliphatic rings. The molecule has 4 heterocycles. The molecule has 3 aliphatic heterocycles. The molecule has 4 N–H and O–H groups in total. The van der Waals surface area contributed by atoms with Crippen LogP contribution in [0.25, 0.3) is 16.5 Å². The number of aromatic hydroxyl groups is 1. The Balaban J connectivity index is 0.732. The first-order valence-corrected chi connectivity index (χ1v) is 24.8. The first kappa shape index (κ1) is 45.4. The lowest BCUT2D eigenvalue weighted by atomic mass is 9.53. The highest BCUT2D eigenvalue weighted by molar-refractivity contribution is 6.30. The molecule has 5 aromatic rings. The van der Waals surface area contributed by atoms with Gasteiger partial charge in [-0.2, -0.15) is 0 Å². The van der Waals surface area contributed by atoms with Gasteiger partial charge in [0.15, 0.2) is 17.0 Å².